The normalized spacial score (nSPS) is 12.7. The first-order chi connectivity index (χ1) is 18.8. The molecule has 3 nitrogen and oxygen atoms in total. The van der Waals surface area contributed by atoms with E-state index >= 15 is 0 Å². The maximum absolute atomic E-state index is 14.5. The quantitative estimate of drug-likeness (QED) is 0.0565. The number of benzene rings is 2. The standard InChI is InChI=1S/C31H43F5O3/c1-5-9-10-11-12-13-14-24(31(37-19-6-2,38-20-7-3)39-21-8-4)22-15-17-23(18-16-22)25-26(32)28(34)30(36)29(35)27(25)33/h15-18,24H,5-14,19-21H2,1-4H3. The van der Waals surface area contributed by atoms with Crippen molar-refractivity contribution in [2.75, 3.05) is 19.8 Å². The van der Waals surface area contributed by atoms with Crippen LogP contribution < -0.4 is 0 Å². The van der Waals surface area contributed by atoms with Crippen LogP contribution >= 0.6 is 0 Å². The van der Waals surface area contributed by atoms with Crippen molar-refractivity contribution in [3.8, 4) is 11.1 Å². The zero-order valence-electron chi connectivity index (χ0n) is 23.7. The van der Waals surface area contributed by atoms with E-state index in [1.54, 1.807) is 12.1 Å². The van der Waals surface area contributed by atoms with Gasteiger partial charge < -0.3 is 14.2 Å². The van der Waals surface area contributed by atoms with Gasteiger partial charge in [-0.1, -0.05) is 90.5 Å². The van der Waals surface area contributed by atoms with Gasteiger partial charge in [0.05, 0.1) is 31.3 Å². The van der Waals surface area contributed by atoms with Crippen molar-refractivity contribution < 1.29 is 36.2 Å². The van der Waals surface area contributed by atoms with E-state index in [1.807, 2.05) is 20.8 Å². The van der Waals surface area contributed by atoms with Crippen LogP contribution in [0.5, 0.6) is 0 Å². The summed E-state index contributed by atoms with van der Waals surface area (Å²) in [6.45, 7) is 9.36. The molecule has 0 aliphatic heterocycles. The zero-order valence-corrected chi connectivity index (χ0v) is 23.7. The molecule has 1 unspecified atom stereocenters. The number of hydrogen-bond donors (Lipinski definition) is 0. The van der Waals surface area contributed by atoms with Crippen LogP contribution in [0.2, 0.25) is 0 Å². The minimum Gasteiger partial charge on any atom is -0.327 e. The molecule has 0 aliphatic rings. The molecule has 0 fully saturated rings. The topological polar surface area (TPSA) is 27.7 Å². The lowest BCUT2D eigenvalue weighted by atomic mass is 9.88. The smallest absolute Gasteiger partial charge is 0.290 e. The molecule has 0 radical (unpaired) electrons. The highest BCUT2D eigenvalue weighted by molar-refractivity contribution is 5.65. The summed E-state index contributed by atoms with van der Waals surface area (Å²) in [4.78, 5) is 0. The third-order valence-corrected chi connectivity index (χ3v) is 6.61. The highest BCUT2D eigenvalue weighted by Gasteiger charge is 2.43. The van der Waals surface area contributed by atoms with Gasteiger partial charge in [-0.2, -0.15) is 0 Å². The average Bonchev–Trinajstić information content (AvgIpc) is 2.95. The number of rotatable bonds is 19. The first-order valence-electron chi connectivity index (χ1n) is 14.3. The molecular weight excluding hydrogens is 515 g/mol. The number of ether oxygens (including phenoxy) is 3. The van der Waals surface area contributed by atoms with E-state index in [9.17, 15) is 22.0 Å². The molecule has 39 heavy (non-hydrogen) atoms. The predicted molar refractivity (Wildman–Crippen MR) is 144 cm³/mol. The number of unbranched alkanes of at least 4 members (excludes halogenated alkanes) is 5. The summed E-state index contributed by atoms with van der Waals surface area (Å²) in [5.41, 5.74) is -0.336. The Balaban J connectivity index is 2.51. The van der Waals surface area contributed by atoms with Crippen molar-refractivity contribution >= 4 is 0 Å². The lowest BCUT2D eigenvalue weighted by molar-refractivity contribution is -0.392. The van der Waals surface area contributed by atoms with E-state index in [0.29, 0.717) is 26.2 Å². The Morgan fingerprint density at radius 2 is 1.00 bits per heavy atom. The molecule has 0 heterocycles. The van der Waals surface area contributed by atoms with Gasteiger partial charge in [-0.3, -0.25) is 0 Å². The lowest BCUT2D eigenvalue weighted by Gasteiger charge is -2.40. The zero-order chi connectivity index (χ0) is 28.8. The van der Waals surface area contributed by atoms with Gasteiger partial charge in [-0.05, 0) is 36.8 Å². The second-order valence-corrected chi connectivity index (χ2v) is 9.82. The van der Waals surface area contributed by atoms with Crippen LogP contribution in [-0.4, -0.2) is 25.8 Å². The van der Waals surface area contributed by atoms with Crippen molar-refractivity contribution in [3.63, 3.8) is 0 Å². The third-order valence-electron chi connectivity index (χ3n) is 6.61. The molecule has 2 rings (SSSR count). The maximum atomic E-state index is 14.5. The molecule has 0 bridgehead atoms. The minimum absolute atomic E-state index is 0.117. The summed E-state index contributed by atoms with van der Waals surface area (Å²) >= 11 is 0. The Kier molecular flexibility index (Phi) is 14.4. The van der Waals surface area contributed by atoms with E-state index in [1.165, 1.54) is 18.6 Å². The van der Waals surface area contributed by atoms with Gasteiger partial charge in [0.1, 0.15) is 0 Å². The van der Waals surface area contributed by atoms with Crippen molar-refractivity contribution in [3.05, 3.63) is 58.9 Å². The second-order valence-electron chi connectivity index (χ2n) is 9.82. The second kappa shape index (κ2) is 16.9. The molecule has 0 amide bonds. The van der Waals surface area contributed by atoms with Gasteiger partial charge >= 0.3 is 0 Å². The highest BCUT2D eigenvalue weighted by Crippen LogP contribution is 2.40. The predicted octanol–water partition coefficient (Wildman–Crippen LogP) is 9.82. The summed E-state index contributed by atoms with van der Waals surface area (Å²) in [6.07, 6.45) is 9.42. The Morgan fingerprint density at radius 3 is 1.46 bits per heavy atom. The van der Waals surface area contributed by atoms with Crippen LogP contribution in [0.4, 0.5) is 22.0 Å². The van der Waals surface area contributed by atoms with Gasteiger partial charge in [0, 0.05) is 0 Å². The average molecular weight is 559 g/mol. The molecule has 0 aromatic heterocycles. The molecule has 2 aromatic rings. The van der Waals surface area contributed by atoms with E-state index in [4.69, 9.17) is 14.2 Å². The van der Waals surface area contributed by atoms with Crippen molar-refractivity contribution in [2.24, 2.45) is 0 Å². The van der Waals surface area contributed by atoms with E-state index in [-0.39, 0.29) is 11.5 Å². The fourth-order valence-electron chi connectivity index (χ4n) is 4.58. The Hall–Kier alpha value is -2.03. The van der Waals surface area contributed by atoms with Crippen molar-refractivity contribution in [1.82, 2.24) is 0 Å². The third kappa shape index (κ3) is 8.73. The summed E-state index contributed by atoms with van der Waals surface area (Å²) in [5.74, 6) is -11.6. The van der Waals surface area contributed by atoms with Crippen LogP contribution in [0.1, 0.15) is 103 Å². The molecular formula is C31H43F5O3. The van der Waals surface area contributed by atoms with Gasteiger partial charge in [0.25, 0.3) is 5.97 Å². The van der Waals surface area contributed by atoms with E-state index in [2.05, 4.69) is 6.92 Å². The fourth-order valence-corrected chi connectivity index (χ4v) is 4.58. The van der Waals surface area contributed by atoms with Crippen LogP contribution in [0.25, 0.3) is 11.1 Å². The summed E-state index contributed by atoms with van der Waals surface area (Å²) in [6, 6.07) is 5.99. The molecule has 8 heteroatoms. The summed E-state index contributed by atoms with van der Waals surface area (Å²) < 4.78 is 89.1. The van der Waals surface area contributed by atoms with Gasteiger partial charge in [-0.15, -0.1) is 0 Å². The first-order valence-corrected chi connectivity index (χ1v) is 14.3. The van der Waals surface area contributed by atoms with E-state index in [0.717, 1.165) is 56.9 Å². The molecule has 0 N–H and O–H groups in total. The SMILES string of the molecule is CCCCCCCCC(c1ccc(-c2c(F)c(F)c(F)c(F)c2F)cc1)C(OCCC)(OCCC)OCCC. The van der Waals surface area contributed by atoms with Gasteiger partial charge in [0.15, 0.2) is 23.3 Å². The monoisotopic (exact) mass is 558 g/mol. The Bertz CT molecular complexity index is 946. The van der Waals surface area contributed by atoms with Crippen LogP contribution in [0, 0.1) is 29.1 Å². The Labute approximate surface area is 230 Å². The molecule has 0 aliphatic carbocycles. The fraction of sp³-hybridized carbons (Fsp3) is 0.613. The molecule has 220 valence electrons. The molecule has 0 saturated carbocycles. The van der Waals surface area contributed by atoms with Crippen LogP contribution in [0.15, 0.2) is 24.3 Å². The van der Waals surface area contributed by atoms with Gasteiger partial charge in [0.2, 0.25) is 5.82 Å². The molecule has 0 spiro atoms. The molecule has 2 aromatic carbocycles. The minimum atomic E-state index is -2.18. The summed E-state index contributed by atoms with van der Waals surface area (Å²) in [5, 5.41) is 0. The largest absolute Gasteiger partial charge is 0.327 e. The highest BCUT2D eigenvalue weighted by atomic mass is 19.2. The van der Waals surface area contributed by atoms with Crippen molar-refractivity contribution in [1.29, 1.82) is 0 Å². The summed E-state index contributed by atoms with van der Waals surface area (Å²) in [7, 11) is 0. The molecule has 0 saturated heterocycles. The van der Waals surface area contributed by atoms with Gasteiger partial charge in [-0.25, -0.2) is 22.0 Å². The van der Waals surface area contributed by atoms with Crippen LogP contribution in [0.3, 0.4) is 0 Å². The van der Waals surface area contributed by atoms with Crippen molar-refractivity contribution in [2.45, 2.75) is 104 Å². The first kappa shape index (κ1) is 33.2. The number of hydrogen-bond acceptors (Lipinski definition) is 3. The lowest BCUT2D eigenvalue weighted by Crippen LogP contribution is -2.46. The Morgan fingerprint density at radius 1 is 0.564 bits per heavy atom. The maximum Gasteiger partial charge on any atom is 0.290 e. The number of halogens is 5. The van der Waals surface area contributed by atoms with E-state index < -0.39 is 40.6 Å². The van der Waals surface area contributed by atoms with Crippen LogP contribution in [-0.2, 0) is 14.2 Å². The molecule has 1 atom stereocenters.